The van der Waals surface area contributed by atoms with Crippen molar-refractivity contribution in [2.45, 2.75) is 45.1 Å². The van der Waals surface area contributed by atoms with E-state index in [0.717, 1.165) is 51.0 Å². The Morgan fingerprint density at radius 2 is 1.88 bits per heavy atom. The van der Waals surface area contributed by atoms with Crippen molar-refractivity contribution in [2.24, 2.45) is 5.92 Å². The van der Waals surface area contributed by atoms with Crippen LogP contribution >= 0.6 is 0 Å². The van der Waals surface area contributed by atoms with Gasteiger partial charge >= 0.3 is 6.03 Å². The molecule has 0 unspecified atom stereocenters. The molecule has 2 heterocycles. The molecule has 7 heteroatoms. The van der Waals surface area contributed by atoms with Gasteiger partial charge in [-0.05, 0) is 90.5 Å². The van der Waals surface area contributed by atoms with Crippen LogP contribution in [0.15, 0.2) is 35.9 Å². The van der Waals surface area contributed by atoms with Crippen LogP contribution in [0.3, 0.4) is 0 Å². The first-order valence-corrected chi connectivity index (χ1v) is 11.6. The number of urea groups is 1. The summed E-state index contributed by atoms with van der Waals surface area (Å²) in [6, 6.07) is 5.97. The quantitative estimate of drug-likeness (QED) is 0.469. The number of allylic oxidation sites excluding steroid dienone is 1. The summed E-state index contributed by atoms with van der Waals surface area (Å²) in [6.45, 7) is 8.13. The Bertz CT molecular complexity index is 831. The molecule has 1 N–H and O–H groups in total. The maximum Gasteiger partial charge on any atom is 0.325 e. The van der Waals surface area contributed by atoms with Crippen LogP contribution in [0.25, 0.3) is 0 Å². The molecule has 0 aromatic heterocycles. The average molecular weight is 445 g/mol. The first kappa shape index (κ1) is 24.4. The second-order valence-corrected chi connectivity index (χ2v) is 9.50. The highest BCUT2D eigenvalue weighted by Crippen LogP contribution is 2.36. The van der Waals surface area contributed by atoms with Gasteiger partial charge in [-0.25, -0.2) is 9.18 Å². The first-order valence-electron chi connectivity index (χ1n) is 11.6. The van der Waals surface area contributed by atoms with E-state index in [1.807, 2.05) is 19.0 Å². The lowest BCUT2D eigenvalue weighted by molar-refractivity contribution is -0.134. The summed E-state index contributed by atoms with van der Waals surface area (Å²) in [5, 5.41) is 3.11. The Morgan fingerprint density at radius 1 is 1.22 bits per heavy atom. The number of amides is 3. The highest BCUT2D eigenvalue weighted by Gasteiger charge is 2.55. The van der Waals surface area contributed by atoms with Gasteiger partial charge in [-0.2, -0.15) is 0 Å². The first-order chi connectivity index (χ1) is 15.2. The maximum atomic E-state index is 13.7. The molecule has 2 aliphatic heterocycles. The van der Waals surface area contributed by atoms with Gasteiger partial charge in [0.05, 0.1) is 0 Å². The van der Waals surface area contributed by atoms with Crippen molar-refractivity contribution < 1.29 is 14.0 Å². The topological polar surface area (TPSA) is 55.9 Å². The Balaban J connectivity index is 1.80. The van der Waals surface area contributed by atoms with Gasteiger partial charge in [-0.15, -0.1) is 0 Å². The number of benzene rings is 1. The molecular weight excluding hydrogens is 407 g/mol. The number of piperidine rings is 1. The molecule has 6 nitrogen and oxygen atoms in total. The van der Waals surface area contributed by atoms with Crippen LogP contribution in [0.4, 0.5) is 9.18 Å². The second kappa shape index (κ2) is 10.6. The summed E-state index contributed by atoms with van der Waals surface area (Å²) in [4.78, 5) is 32.5. The molecule has 2 fully saturated rings. The zero-order chi connectivity index (χ0) is 23.3. The summed E-state index contributed by atoms with van der Waals surface area (Å²) in [6.07, 6.45) is 4.94. The molecule has 0 saturated carbocycles. The smallest absolute Gasteiger partial charge is 0.322 e. The molecule has 3 rings (SSSR count). The van der Waals surface area contributed by atoms with Gasteiger partial charge in [0.1, 0.15) is 11.4 Å². The van der Waals surface area contributed by atoms with Crippen LogP contribution in [-0.2, 0) is 11.2 Å². The van der Waals surface area contributed by atoms with Crippen LogP contribution in [-0.4, -0.2) is 79.0 Å². The zero-order valence-corrected chi connectivity index (χ0v) is 19.9. The van der Waals surface area contributed by atoms with Gasteiger partial charge in [0.15, 0.2) is 0 Å². The van der Waals surface area contributed by atoms with Crippen molar-refractivity contribution in [1.82, 2.24) is 20.0 Å². The Labute approximate surface area is 191 Å². The van der Waals surface area contributed by atoms with Gasteiger partial charge in [-0.1, -0.05) is 23.8 Å². The van der Waals surface area contributed by atoms with E-state index >= 15 is 0 Å². The zero-order valence-electron chi connectivity index (χ0n) is 19.9. The lowest BCUT2D eigenvalue weighted by Gasteiger charge is -2.41. The minimum Gasteiger partial charge on any atom is -0.322 e. The summed E-state index contributed by atoms with van der Waals surface area (Å²) in [5.41, 5.74) is 1.23. The third-order valence-corrected chi connectivity index (χ3v) is 6.84. The van der Waals surface area contributed by atoms with Gasteiger partial charge < -0.3 is 10.2 Å². The predicted molar refractivity (Wildman–Crippen MR) is 125 cm³/mol. The molecule has 176 valence electrons. The van der Waals surface area contributed by atoms with E-state index in [4.69, 9.17) is 0 Å². The molecule has 32 heavy (non-hydrogen) atoms. The van der Waals surface area contributed by atoms with Gasteiger partial charge in [-0.3, -0.25) is 14.6 Å². The van der Waals surface area contributed by atoms with Gasteiger partial charge in [0.25, 0.3) is 5.91 Å². The van der Waals surface area contributed by atoms with Crippen molar-refractivity contribution in [3.05, 3.63) is 47.3 Å². The highest BCUT2D eigenvalue weighted by molar-refractivity contribution is 6.07. The minimum atomic E-state index is -0.964. The normalized spacial score (nSPS) is 23.3. The van der Waals surface area contributed by atoms with Crippen molar-refractivity contribution in [2.75, 3.05) is 46.8 Å². The number of rotatable bonds is 9. The molecule has 1 aromatic carbocycles. The van der Waals surface area contributed by atoms with Gasteiger partial charge in [0.2, 0.25) is 0 Å². The summed E-state index contributed by atoms with van der Waals surface area (Å²) in [5.74, 6) is -0.388. The van der Waals surface area contributed by atoms with E-state index < -0.39 is 5.54 Å². The molecule has 1 aromatic rings. The van der Waals surface area contributed by atoms with Gasteiger partial charge in [0, 0.05) is 19.5 Å². The summed E-state index contributed by atoms with van der Waals surface area (Å²) >= 11 is 0. The Morgan fingerprint density at radius 3 is 2.47 bits per heavy atom. The number of carbonyl (C=O) groups is 2. The van der Waals surface area contributed by atoms with E-state index in [1.54, 1.807) is 12.1 Å². The van der Waals surface area contributed by atoms with Crippen LogP contribution in [0.2, 0.25) is 0 Å². The van der Waals surface area contributed by atoms with Crippen molar-refractivity contribution >= 4 is 11.9 Å². The van der Waals surface area contributed by atoms with E-state index in [2.05, 4.69) is 30.1 Å². The van der Waals surface area contributed by atoms with Crippen LogP contribution in [0.1, 0.15) is 38.7 Å². The standard InChI is InChI=1S/C25H37FN4O2/c1-5-19(2)18-29-15-11-21(12-16-29)25(17-20-7-9-22(26)10-8-20)23(31)30(24(32)27-25)14-6-13-28(3)4/h5,7-10,21H,6,11-18H2,1-4H3,(H,27,32)/b19-5+/t25-/m0/s1. The maximum absolute atomic E-state index is 13.7. The molecule has 1 atom stereocenters. The van der Waals surface area contributed by atoms with E-state index in [-0.39, 0.29) is 23.7 Å². The predicted octanol–water partition coefficient (Wildman–Crippen LogP) is 3.29. The third-order valence-electron chi connectivity index (χ3n) is 6.84. The largest absolute Gasteiger partial charge is 0.325 e. The number of nitrogens with zero attached hydrogens (tertiary/aromatic N) is 3. The Hall–Kier alpha value is -2.25. The summed E-state index contributed by atoms with van der Waals surface area (Å²) in [7, 11) is 3.96. The molecule has 3 amide bonds. The Kier molecular flexibility index (Phi) is 8.06. The molecule has 2 aliphatic rings. The number of likely N-dealkylation sites (tertiary alicyclic amines) is 1. The van der Waals surface area contributed by atoms with E-state index in [1.165, 1.54) is 22.6 Å². The lowest BCUT2D eigenvalue weighted by atomic mass is 9.74. The molecular formula is C25H37FN4O2. The lowest BCUT2D eigenvalue weighted by Crippen LogP contribution is -2.57. The fourth-order valence-electron chi connectivity index (χ4n) is 4.89. The molecule has 0 bridgehead atoms. The average Bonchev–Trinajstić information content (AvgIpc) is 3.00. The molecule has 0 aliphatic carbocycles. The number of imide groups is 1. The van der Waals surface area contributed by atoms with E-state index in [9.17, 15) is 14.0 Å². The van der Waals surface area contributed by atoms with Crippen molar-refractivity contribution in [1.29, 1.82) is 0 Å². The van der Waals surface area contributed by atoms with Crippen molar-refractivity contribution in [3.63, 3.8) is 0 Å². The SMILES string of the molecule is C/C=C(\C)CN1CCC([C@]2(Cc3ccc(F)cc3)NC(=O)N(CCCN(C)C)C2=O)CC1. The van der Waals surface area contributed by atoms with Crippen LogP contribution in [0.5, 0.6) is 0 Å². The number of nitrogens with one attached hydrogen (secondary N) is 1. The third kappa shape index (κ3) is 5.56. The van der Waals surface area contributed by atoms with Crippen LogP contribution < -0.4 is 5.32 Å². The van der Waals surface area contributed by atoms with E-state index in [0.29, 0.717) is 13.0 Å². The number of hydrogen-bond acceptors (Lipinski definition) is 4. The fourth-order valence-corrected chi connectivity index (χ4v) is 4.89. The molecule has 0 radical (unpaired) electrons. The number of hydrogen-bond donors (Lipinski definition) is 1. The number of halogens is 1. The van der Waals surface area contributed by atoms with Crippen LogP contribution in [0, 0.1) is 11.7 Å². The molecule has 2 saturated heterocycles. The highest BCUT2D eigenvalue weighted by atomic mass is 19.1. The number of carbonyl (C=O) groups excluding carboxylic acids is 2. The second-order valence-electron chi connectivity index (χ2n) is 9.50. The fraction of sp³-hybridized carbons (Fsp3) is 0.600. The monoisotopic (exact) mass is 444 g/mol. The molecule has 0 spiro atoms. The van der Waals surface area contributed by atoms with Crippen molar-refractivity contribution in [3.8, 4) is 0 Å². The minimum absolute atomic E-state index is 0.0463. The summed E-state index contributed by atoms with van der Waals surface area (Å²) < 4.78 is 13.5.